The van der Waals surface area contributed by atoms with E-state index in [1.165, 1.54) is 0 Å². The van der Waals surface area contributed by atoms with E-state index >= 15 is 0 Å². The Balaban J connectivity index is 2.33. The summed E-state index contributed by atoms with van der Waals surface area (Å²) in [5.74, 6) is 0.263. The van der Waals surface area contributed by atoms with Crippen LogP contribution < -0.4 is 11.1 Å². The van der Waals surface area contributed by atoms with E-state index in [4.69, 9.17) is 5.73 Å². The highest BCUT2D eigenvalue weighted by atomic mass is 16.2. The standard InChI is InChI=1S/C13H22N2O2/c1-11(2)12(3)4-5-13(11,8-9(12)16)10(17)15-7-6-14/h4-8,14H2,1-3H3,(H,15,17)/t12-,13-/m0/s1. The molecule has 3 N–H and O–H groups in total. The van der Waals surface area contributed by atoms with Gasteiger partial charge in [-0.05, 0) is 18.3 Å². The van der Waals surface area contributed by atoms with Crippen LogP contribution in [0.5, 0.6) is 0 Å². The molecule has 0 saturated heterocycles. The van der Waals surface area contributed by atoms with E-state index in [0.29, 0.717) is 19.5 Å². The predicted octanol–water partition coefficient (Wildman–Crippen LogP) is 0.847. The van der Waals surface area contributed by atoms with Crippen LogP contribution in [0, 0.1) is 16.2 Å². The molecule has 0 aromatic carbocycles. The summed E-state index contributed by atoms with van der Waals surface area (Å²) in [5.41, 5.74) is 4.32. The number of rotatable bonds is 3. The molecule has 1 amide bonds. The number of hydrogen-bond acceptors (Lipinski definition) is 3. The Hall–Kier alpha value is -0.900. The van der Waals surface area contributed by atoms with Crippen molar-refractivity contribution in [2.45, 2.75) is 40.0 Å². The normalized spacial score (nSPS) is 38.5. The summed E-state index contributed by atoms with van der Waals surface area (Å²) in [4.78, 5) is 24.5. The number of amides is 1. The van der Waals surface area contributed by atoms with Crippen molar-refractivity contribution in [3.05, 3.63) is 0 Å². The maximum absolute atomic E-state index is 12.4. The lowest BCUT2D eigenvalue weighted by atomic mass is 9.64. The Morgan fingerprint density at radius 3 is 2.41 bits per heavy atom. The van der Waals surface area contributed by atoms with Gasteiger partial charge in [-0.1, -0.05) is 20.8 Å². The van der Waals surface area contributed by atoms with Gasteiger partial charge < -0.3 is 11.1 Å². The quantitative estimate of drug-likeness (QED) is 0.765. The Morgan fingerprint density at radius 2 is 2.00 bits per heavy atom. The van der Waals surface area contributed by atoms with Crippen LogP contribution in [0.15, 0.2) is 0 Å². The molecule has 0 radical (unpaired) electrons. The van der Waals surface area contributed by atoms with Crippen molar-refractivity contribution in [1.82, 2.24) is 5.32 Å². The number of nitrogens with one attached hydrogen (secondary N) is 1. The third-order valence-electron chi connectivity index (χ3n) is 5.57. The molecule has 2 bridgehead atoms. The van der Waals surface area contributed by atoms with Crippen LogP contribution in [0.25, 0.3) is 0 Å². The minimum atomic E-state index is -0.506. The van der Waals surface area contributed by atoms with E-state index in [9.17, 15) is 9.59 Å². The van der Waals surface area contributed by atoms with E-state index in [0.717, 1.165) is 12.8 Å². The fourth-order valence-electron chi connectivity index (χ4n) is 3.72. The molecule has 2 aliphatic rings. The molecular formula is C13H22N2O2. The fraction of sp³-hybridized carbons (Fsp3) is 0.846. The second-order valence-electron chi connectivity index (χ2n) is 6.18. The minimum Gasteiger partial charge on any atom is -0.354 e. The van der Waals surface area contributed by atoms with Gasteiger partial charge in [0.25, 0.3) is 0 Å². The van der Waals surface area contributed by atoms with Gasteiger partial charge in [0, 0.05) is 24.9 Å². The monoisotopic (exact) mass is 238 g/mol. The molecule has 0 heterocycles. The SMILES string of the molecule is CC1(C)[C@@]2(C(=O)NCCN)CC[C@@]1(C)C(=O)C2. The van der Waals surface area contributed by atoms with E-state index in [1.807, 2.05) is 6.92 Å². The van der Waals surface area contributed by atoms with Crippen LogP contribution in [0.1, 0.15) is 40.0 Å². The average Bonchev–Trinajstić information content (AvgIpc) is 2.56. The zero-order chi connectivity index (χ0) is 12.9. The highest BCUT2D eigenvalue weighted by Gasteiger charge is 2.72. The summed E-state index contributed by atoms with van der Waals surface area (Å²) in [6, 6.07) is 0. The molecule has 17 heavy (non-hydrogen) atoms. The van der Waals surface area contributed by atoms with Crippen LogP contribution >= 0.6 is 0 Å². The van der Waals surface area contributed by atoms with Crippen molar-refractivity contribution in [2.75, 3.05) is 13.1 Å². The Kier molecular flexibility index (Phi) is 2.62. The molecule has 2 aliphatic carbocycles. The van der Waals surface area contributed by atoms with Gasteiger partial charge in [-0.15, -0.1) is 0 Å². The Labute approximate surface area is 102 Å². The third kappa shape index (κ3) is 1.27. The van der Waals surface area contributed by atoms with Crippen molar-refractivity contribution in [3.63, 3.8) is 0 Å². The van der Waals surface area contributed by atoms with E-state index < -0.39 is 5.41 Å². The van der Waals surface area contributed by atoms with Gasteiger partial charge in [-0.2, -0.15) is 0 Å². The number of carbonyl (C=O) groups excluding carboxylic acids is 2. The molecule has 2 rings (SSSR count). The smallest absolute Gasteiger partial charge is 0.227 e. The van der Waals surface area contributed by atoms with Gasteiger partial charge in [0.05, 0.1) is 5.41 Å². The molecule has 4 heteroatoms. The first-order valence-corrected chi connectivity index (χ1v) is 6.33. The maximum atomic E-state index is 12.4. The summed E-state index contributed by atoms with van der Waals surface area (Å²) in [6.07, 6.45) is 2.04. The van der Waals surface area contributed by atoms with Crippen molar-refractivity contribution < 1.29 is 9.59 Å². The lowest BCUT2D eigenvalue weighted by Gasteiger charge is -2.38. The molecule has 0 aromatic rings. The van der Waals surface area contributed by atoms with Crippen molar-refractivity contribution in [1.29, 1.82) is 0 Å². The number of hydrogen-bond donors (Lipinski definition) is 2. The maximum Gasteiger partial charge on any atom is 0.227 e. The highest BCUT2D eigenvalue weighted by molar-refractivity contribution is 5.99. The van der Waals surface area contributed by atoms with Crippen LogP contribution in [0.2, 0.25) is 0 Å². The molecule has 2 atom stereocenters. The van der Waals surface area contributed by atoms with Crippen LogP contribution in [0.3, 0.4) is 0 Å². The van der Waals surface area contributed by atoms with Crippen LogP contribution in [-0.2, 0) is 9.59 Å². The first kappa shape index (κ1) is 12.6. The molecule has 96 valence electrons. The molecule has 0 aromatic heterocycles. The number of nitrogens with two attached hydrogens (primary N) is 1. The minimum absolute atomic E-state index is 0.0162. The molecule has 2 fully saturated rings. The van der Waals surface area contributed by atoms with Gasteiger partial charge in [-0.25, -0.2) is 0 Å². The van der Waals surface area contributed by atoms with Crippen molar-refractivity contribution in [3.8, 4) is 0 Å². The second-order valence-corrected chi connectivity index (χ2v) is 6.18. The third-order valence-corrected chi connectivity index (χ3v) is 5.57. The van der Waals surface area contributed by atoms with Crippen molar-refractivity contribution in [2.24, 2.45) is 22.0 Å². The lowest BCUT2D eigenvalue weighted by Crippen LogP contribution is -2.47. The fourth-order valence-corrected chi connectivity index (χ4v) is 3.72. The van der Waals surface area contributed by atoms with Gasteiger partial charge in [0.15, 0.2) is 0 Å². The first-order valence-electron chi connectivity index (χ1n) is 6.33. The van der Waals surface area contributed by atoms with E-state index in [-0.39, 0.29) is 22.5 Å². The Morgan fingerprint density at radius 1 is 1.35 bits per heavy atom. The van der Waals surface area contributed by atoms with E-state index in [2.05, 4.69) is 19.2 Å². The van der Waals surface area contributed by atoms with Gasteiger partial charge >= 0.3 is 0 Å². The van der Waals surface area contributed by atoms with Gasteiger partial charge in [0.2, 0.25) is 5.91 Å². The summed E-state index contributed by atoms with van der Waals surface area (Å²) in [6.45, 7) is 7.06. The first-order chi connectivity index (χ1) is 7.82. The molecule has 0 aliphatic heterocycles. The molecule has 4 nitrogen and oxygen atoms in total. The molecule has 0 spiro atoms. The van der Waals surface area contributed by atoms with Gasteiger partial charge in [-0.3, -0.25) is 9.59 Å². The predicted molar refractivity (Wildman–Crippen MR) is 65.2 cm³/mol. The zero-order valence-corrected chi connectivity index (χ0v) is 10.9. The number of ketones is 1. The summed E-state index contributed by atoms with van der Waals surface area (Å²) in [5, 5.41) is 2.87. The molecule has 2 saturated carbocycles. The lowest BCUT2D eigenvalue weighted by molar-refractivity contribution is -0.136. The summed E-state index contributed by atoms with van der Waals surface area (Å²) in [7, 11) is 0. The van der Waals surface area contributed by atoms with Crippen LogP contribution in [-0.4, -0.2) is 24.8 Å². The topological polar surface area (TPSA) is 72.2 Å². The zero-order valence-electron chi connectivity index (χ0n) is 10.9. The Bertz CT molecular complexity index is 378. The number of Topliss-reactive ketones (excluding diaryl/α,β-unsaturated/α-hetero) is 1. The van der Waals surface area contributed by atoms with E-state index in [1.54, 1.807) is 0 Å². The summed E-state index contributed by atoms with van der Waals surface area (Å²) < 4.78 is 0. The highest BCUT2D eigenvalue weighted by Crippen LogP contribution is 2.70. The van der Waals surface area contributed by atoms with Crippen LogP contribution in [0.4, 0.5) is 0 Å². The van der Waals surface area contributed by atoms with Gasteiger partial charge in [0.1, 0.15) is 5.78 Å². The molecule has 0 unspecified atom stereocenters. The second kappa shape index (κ2) is 3.55. The number of carbonyl (C=O) groups is 2. The molecular weight excluding hydrogens is 216 g/mol. The average molecular weight is 238 g/mol. The summed E-state index contributed by atoms with van der Waals surface area (Å²) >= 11 is 0. The largest absolute Gasteiger partial charge is 0.354 e. The number of fused-ring (bicyclic) bond motifs is 2. The van der Waals surface area contributed by atoms with Crippen molar-refractivity contribution >= 4 is 11.7 Å².